The maximum atomic E-state index is 6.76. The number of ether oxygens (including phenoxy) is 2. The molecule has 1 aliphatic heterocycles. The molecular formula is C55H38N2O2. The van der Waals surface area contributed by atoms with E-state index in [-0.39, 0.29) is 5.41 Å². The molecule has 0 radical (unpaired) electrons. The average Bonchev–Trinajstić information content (AvgIpc) is 3.54. The van der Waals surface area contributed by atoms with Crippen LogP contribution in [0.3, 0.4) is 0 Å². The van der Waals surface area contributed by atoms with Crippen molar-refractivity contribution in [3.63, 3.8) is 0 Å². The van der Waals surface area contributed by atoms with Crippen molar-refractivity contribution in [1.82, 2.24) is 9.97 Å². The highest BCUT2D eigenvalue weighted by Gasteiger charge is 2.39. The highest BCUT2D eigenvalue weighted by molar-refractivity contribution is 5.88. The fourth-order valence-electron chi connectivity index (χ4n) is 8.62. The quantitative estimate of drug-likeness (QED) is 0.169. The summed E-state index contributed by atoms with van der Waals surface area (Å²) < 4.78 is 13.2. The van der Waals surface area contributed by atoms with E-state index in [4.69, 9.17) is 19.4 Å². The molecule has 0 spiro atoms. The van der Waals surface area contributed by atoms with Crippen molar-refractivity contribution < 1.29 is 9.47 Å². The normalized spacial score (nSPS) is 13.0. The van der Waals surface area contributed by atoms with Gasteiger partial charge in [-0.3, -0.25) is 0 Å². The van der Waals surface area contributed by atoms with Crippen LogP contribution in [0.1, 0.15) is 25.0 Å². The Balaban J connectivity index is 0.930. The molecule has 280 valence electrons. The molecular weight excluding hydrogens is 721 g/mol. The fourth-order valence-corrected chi connectivity index (χ4v) is 8.62. The Morgan fingerprint density at radius 1 is 0.356 bits per heavy atom. The van der Waals surface area contributed by atoms with E-state index in [1.807, 2.05) is 24.3 Å². The first-order valence-electron chi connectivity index (χ1n) is 20.0. The zero-order valence-corrected chi connectivity index (χ0v) is 32.7. The summed E-state index contributed by atoms with van der Waals surface area (Å²) in [6.45, 7) is 4.55. The van der Waals surface area contributed by atoms with Crippen molar-refractivity contribution in [2.24, 2.45) is 0 Å². The predicted molar refractivity (Wildman–Crippen MR) is 239 cm³/mol. The van der Waals surface area contributed by atoms with Gasteiger partial charge in [0, 0.05) is 27.7 Å². The summed E-state index contributed by atoms with van der Waals surface area (Å²) in [5.74, 6) is 3.58. The maximum absolute atomic E-state index is 6.76. The van der Waals surface area contributed by atoms with Crippen molar-refractivity contribution in [3.05, 3.63) is 205 Å². The van der Waals surface area contributed by atoms with Gasteiger partial charge >= 0.3 is 0 Å². The zero-order chi connectivity index (χ0) is 39.5. The summed E-state index contributed by atoms with van der Waals surface area (Å²) in [6, 6.07) is 67.7. The lowest BCUT2D eigenvalue weighted by molar-refractivity contribution is 0.360. The molecule has 2 heterocycles. The van der Waals surface area contributed by atoms with Crippen LogP contribution in [0.4, 0.5) is 0 Å². The number of fused-ring (bicyclic) bond motifs is 6. The standard InChI is InChI=1S/C55H38N2O2/c1-55(2)45-16-10-9-15-44(45)52-46(55)30-32-50-53(52)59-51-33-43(29-31-49(51)58-50)39-21-27-42(28-22-39)54-56-47(40-23-17-37(18-24-40)35-11-5-3-6-12-35)34-48(57-54)41-25-19-38(20-26-41)36-13-7-4-8-14-36/h3-34H,1-2H3. The van der Waals surface area contributed by atoms with Crippen molar-refractivity contribution >= 4 is 0 Å². The number of nitrogens with zero attached hydrogens (tertiary/aromatic N) is 2. The van der Waals surface area contributed by atoms with Gasteiger partial charge in [-0.15, -0.1) is 0 Å². The van der Waals surface area contributed by atoms with Gasteiger partial charge in [-0.1, -0.05) is 184 Å². The minimum absolute atomic E-state index is 0.127. The number of aromatic nitrogens is 2. The van der Waals surface area contributed by atoms with Crippen LogP contribution in [0.15, 0.2) is 194 Å². The van der Waals surface area contributed by atoms with Crippen molar-refractivity contribution in [3.8, 4) is 101 Å². The molecule has 0 saturated heterocycles. The van der Waals surface area contributed by atoms with E-state index in [0.717, 1.165) is 67.4 Å². The third-order valence-electron chi connectivity index (χ3n) is 11.8. The first kappa shape index (κ1) is 34.7. The van der Waals surface area contributed by atoms with Gasteiger partial charge < -0.3 is 9.47 Å². The lowest BCUT2D eigenvalue weighted by Gasteiger charge is -2.25. The second-order valence-electron chi connectivity index (χ2n) is 15.8. The van der Waals surface area contributed by atoms with E-state index in [9.17, 15) is 0 Å². The SMILES string of the molecule is CC1(C)c2ccccc2-c2c1ccc1c2Oc2cc(-c3ccc(-c4nc(-c5ccc(-c6ccccc6)cc5)cc(-c5ccc(-c6ccccc6)cc5)n4)cc3)ccc2O1. The highest BCUT2D eigenvalue weighted by atomic mass is 16.6. The molecule has 4 nitrogen and oxygen atoms in total. The summed E-state index contributed by atoms with van der Waals surface area (Å²) >= 11 is 0. The van der Waals surface area contributed by atoms with Crippen LogP contribution < -0.4 is 9.47 Å². The van der Waals surface area contributed by atoms with Gasteiger partial charge in [0.2, 0.25) is 0 Å². The largest absolute Gasteiger partial charge is 0.449 e. The number of hydrogen-bond acceptors (Lipinski definition) is 4. The first-order chi connectivity index (χ1) is 29.0. The van der Waals surface area contributed by atoms with E-state index < -0.39 is 0 Å². The second-order valence-corrected chi connectivity index (χ2v) is 15.8. The van der Waals surface area contributed by atoms with Gasteiger partial charge in [-0.25, -0.2) is 9.97 Å². The smallest absolute Gasteiger partial charge is 0.178 e. The molecule has 59 heavy (non-hydrogen) atoms. The number of benzene rings is 8. The Bertz CT molecular complexity index is 2930. The fraction of sp³-hybridized carbons (Fsp3) is 0.0545. The van der Waals surface area contributed by atoms with Crippen LogP contribution in [0.25, 0.3) is 78.4 Å². The van der Waals surface area contributed by atoms with Gasteiger partial charge in [0.1, 0.15) is 0 Å². The van der Waals surface area contributed by atoms with Crippen LogP contribution in [0.2, 0.25) is 0 Å². The topological polar surface area (TPSA) is 44.2 Å². The van der Waals surface area contributed by atoms with Gasteiger partial charge in [0.15, 0.2) is 28.8 Å². The Kier molecular flexibility index (Phi) is 8.12. The molecule has 11 rings (SSSR count). The van der Waals surface area contributed by atoms with Crippen molar-refractivity contribution in [2.75, 3.05) is 0 Å². The Morgan fingerprint density at radius 2 is 0.831 bits per heavy atom. The van der Waals surface area contributed by atoms with E-state index in [1.54, 1.807) is 0 Å². The minimum atomic E-state index is -0.127. The summed E-state index contributed by atoms with van der Waals surface area (Å²) in [5.41, 5.74) is 16.2. The molecule has 1 aliphatic carbocycles. The molecule has 0 fully saturated rings. The maximum Gasteiger partial charge on any atom is 0.178 e. The van der Waals surface area contributed by atoms with Crippen molar-refractivity contribution in [1.29, 1.82) is 0 Å². The van der Waals surface area contributed by atoms with Gasteiger partial charge in [0.25, 0.3) is 0 Å². The van der Waals surface area contributed by atoms with E-state index in [2.05, 4.69) is 184 Å². The summed E-state index contributed by atoms with van der Waals surface area (Å²) in [5, 5.41) is 0. The number of hydrogen-bond donors (Lipinski definition) is 0. The molecule has 0 amide bonds. The summed E-state index contributed by atoms with van der Waals surface area (Å²) in [4.78, 5) is 10.3. The molecule has 9 aromatic rings. The minimum Gasteiger partial charge on any atom is -0.449 e. The van der Waals surface area contributed by atoms with E-state index in [1.165, 1.54) is 27.8 Å². The summed E-state index contributed by atoms with van der Waals surface area (Å²) in [6.07, 6.45) is 0. The third kappa shape index (κ3) is 6.09. The Labute approximate surface area is 344 Å². The molecule has 1 aromatic heterocycles. The number of rotatable bonds is 6. The van der Waals surface area contributed by atoms with E-state index in [0.29, 0.717) is 17.3 Å². The molecule has 2 aliphatic rings. The average molecular weight is 759 g/mol. The molecule has 0 bridgehead atoms. The molecule has 0 saturated carbocycles. The van der Waals surface area contributed by atoms with Crippen LogP contribution in [-0.4, -0.2) is 9.97 Å². The lowest BCUT2D eigenvalue weighted by atomic mass is 9.82. The molecule has 4 heteroatoms. The van der Waals surface area contributed by atoms with Crippen molar-refractivity contribution in [2.45, 2.75) is 19.3 Å². The predicted octanol–water partition coefficient (Wildman–Crippen LogP) is 14.7. The Morgan fingerprint density at radius 3 is 1.44 bits per heavy atom. The highest BCUT2D eigenvalue weighted by Crippen LogP contribution is 2.58. The van der Waals surface area contributed by atoms with E-state index >= 15 is 0 Å². The monoisotopic (exact) mass is 758 g/mol. The first-order valence-corrected chi connectivity index (χ1v) is 20.0. The molecule has 0 atom stereocenters. The lowest BCUT2D eigenvalue weighted by Crippen LogP contribution is -2.15. The summed E-state index contributed by atoms with van der Waals surface area (Å²) in [7, 11) is 0. The Hall–Kier alpha value is -7.56. The van der Waals surface area contributed by atoms with Gasteiger partial charge in [-0.05, 0) is 74.3 Å². The van der Waals surface area contributed by atoms with Crippen LogP contribution in [-0.2, 0) is 5.41 Å². The van der Waals surface area contributed by atoms with Gasteiger partial charge in [-0.2, -0.15) is 0 Å². The van der Waals surface area contributed by atoms with Crippen LogP contribution in [0.5, 0.6) is 23.0 Å². The van der Waals surface area contributed by atoms with Gasteiger partial charge in [0.05, 0.1) is 11.4 Å². The molecule has 0 N–H and O–H groups in total. The molecule has 8 aromatic carbocycles. The molecule has 0 unspecified atom stereocenters. The zero-order valence-electron chi connectivity index (χ0n) is 32.7. The van der Waals surface area contributed by atoms with Crippen LogP contribution >= 0.6 is 0 Å². The second kappa shape index (κ2) is 13.8. The third-order valence-corrected chi connectivity index (χ3v) is 11.8. The van der Waals surface area contributed by atoms with Crippen LogP contribution in [0, 0.1) is 0 Å².